The summed E-state index contributed by atoms with van der Waals surface area (Å²) < 4.78 is 4.95. The predicted octanol–water partition coefficient (Wildman–Crippen LogP) is 3.14. The quantitative estimate of drug-likeness (QED) is 0.623. The molecule has 0 heterocycles. The molecule has 110 valence electrons. The van der Waals surface area contributed by atoms with Crippen molar-refractivity contribution in [2.45, 2.75) is 58.2 Å². The van der Waals surface area contributed by atoms with Crippen molar-refractivity contribution >= 4 is 17.7 Å². The second-order valence-electron chi connectivity index (χ2n) is 5.59. The largest absolute Gasteiger partial charge is 0.465 e. The minimum absolute atomic E-state index is 0.280. The second kappa shape index (κ2) is 7.95. The van der Waals surface area contributed by atoms with Crippen LogP contribution in [0.5, 0.6) is 0 Å². The molecule has 1 saturated carbocycles. The first-order chi connectivity index (χ1) is 8.95. The number of thioether (sulfide) groups is 1. The molecule has 4 heteroatoms. The average molecular weight is 285 g/mol. The molecule has 1 fully saturated rings. The summed E-state index contributed by atoms with van der Waals surface area (Å²) in [5.41, 5.74) is 8.85. The lowest BCUT2D eigenvalue weighted by atomic mass is 9.85. The number of rotatable bonds is 5. The molecule has 19 heavy (non-hydrogen) atoms. The molecule has 0 bridgehead atoms. The third-order valence-corrected chi connectivity index (χ3v) is 5.05. The van der Waals surface area contributed by atoms with E-state index in [1.165, 1.54) is 24.8 Å². The van der Waals surface area contributed by atoms with Crippen LogP contribution in [0.3, 0.4) is 0 Å². The molecule has 0 aromatic rings. The van der Waals surface area contributed by atoms with Gasteiger partial charge >= 0.3 is 5.97 Å². The van der Waals surface area contributed by atoms with Crippen LogP contribution in [0.25, 0.3) is 0 Å². The zero-order valence-corrected chi connectivity index (χ0v) is 13.4. The first-order valence-corrected chi connectivity index (χ1v) is 8.20. The monoisotopic (exact) mass is 285 g/mol. The van der Waals surface area contributed by atoms with Crippen molar-refractivity contribution in [3.8, 4) is 0 Å². The highest BCUT2D eigenvalue weighted by molar-refractivity contribution is 8.00. The van der Waals surface area contributed by atoms with Crippen LogP contribution >= 0.6 is 11.8 Å². The van der Waals surface area contributed by atoms with Gasteiger partial charge in [0.1, 0.15) is 6.04 Å². The number of hydrogen-bond donors (Lipinski definition) is 1. The van der Waals surface area contributed by atoms with E-state index in [4.69, 9.17) is 10.5 Å². The Kier molecular flexibility index (Phi) is 6.94. The summed E-state index contributed by atoms with van der Waals surface area (Å²) in [4.78, 5) is 11.5. The van der Waals surface area contributed by atoms with Crippen LogP contribution in [0.2, 0.25) is 0 Å². The van der Waals surface area contributed by atoms with E-state index in [9.17, 15) is 4.79 Å². The molecule has 0 saturated heterocycles. The molecule has 0 radical (unpaired) electrons. The van der Waals surface area contributed by atoms with Gasteiger partial charge in [-0.1, -0.05) is 18.1 Å². The molecular formula is C15H27NO2S. The van der Waals surface area contributed by atoms with E-state index in [2.05, 4.69) is 20.8 Å². The van der Waals surface area contributed by atoms with Gasteiger partial charge in [0, 0.05) is 11.0 Å². The van der Waals surface area contributed by atoms with E-state index in [1.54, 1.807) is 5.57 Å². The SMILES string of the molecule is CCOC(=O)[C@@H](N)CSC1CC(C)CCC1=C(C)C. The van der Waals surface area contributed by atoms with Crippen LogP contribution in [0, 0.1) is 5.92 Å². The van der Waals surface area contributed by atoms with E-state index >= 15 is 0 Å². The van der Waals surface area contributed by atoms with Gasteiger partial charge in [0.15, 0.2) is 0 Å². The Balaban J connectivity index is 2.53. The van der Waals surface area contributed by atoms with Gasteiger partial charge in [-0.15, -0.1) is 0 Å². The Bertz CT molecular complexity index is 337. The van der Waals surface area contributed by atoms with Crippen molar-refractivity contribution in [2.24, 2.45) is 11.7 Å². The zero-order valence-electron chi connectivity index (χ0n) is 12.6. The van der Waals surface area contributed by atoms with Gasteiger partial charge < -0.3 is 10.5 Å². The minimum atomic E-state index is -0.499. The molecule has 1 aliphatic rings. The molecular weight excluding hydrogens is 258 g/mol. The Labute approximate surface area is 121 Å². The van der Waals surface area contributed by atoms with Crippen LogP contribution in [0.4, 0.5) is 0 Å². The molecule has 3 atom stereocenters. The number of nitrogens with two attached hydrogens (primary N) is 1. The number of allylic oxidation sites excluding steroid dienone is 1. The highest BCUT2D eigenvalue weighted by Crippen LogP contribution is 2.37. The van der Waals surface area contributed by atoms with Crippen LogP contribution < -0.4 is 5.73 Å². The molecule has 0 aromatic heterocycles. The molecule has 2 N–H and O–H groups in total. The topological polar surface area (TPSA) is 52.3 Å². The summed E-state index contributed by atoms with van der Waals surface area (Å²) in [6.45, 7) is 8.88. The second-order valence-corrected chi connectivity index (χ2v) is 6.82. The van der Waals surface area contributed by atoms with Crippen molar-refractivity contribution in [1.29, 1.82) is 0 Å². The van der Waals surface area contributed by atoms with Gasteiger partial charge in [-0.3, -0.25) is 4.79 Å². The van der Waals surface area contributed by atoms with Crippen LogP contribution in [0.1, 0.15) is 47.0 Å². The van der Waals surface area contributed by atoms with Gasteiger partial charge in [-0.05, 0) is 46.0 Å². The third kappa shape index (κ3) is 5.19. The van der Waals surface area contributed by atoms with E-state index in [0.717, 1.165) is 5.92 Å². The van der Waals surface area contributed by atoms with Gasteiger partial charge in [-0.25, -0.2) is 0 Å². The lowest BCUT2D eigenvalue weighted by molar-refractivity contribution is -0.144. The van der Waals surface area contributed by atoms with Crippen molar-refractivity contribution < 1.29 is 9.53 Å². The molecule has 0 amide bonds. The number of carbonyl (C=O) groups excluding carboxylic acids is 1. The normalized spacial score (nSPS) is 25.0. The first kappa shape index (κ1) is 16.6. The zero-order chi connectivity index (χ0) is 14.4. The maximum Gasteiger partial charge on any atom is 0.323 e. The van der Waals surface area contributed by atoms with Crippen LogP contribution in [-0.2, 0) is 9.53 Å². The summed E-state index contributed by atoms with van der Waals surface area (Å²) in [5.74, 6) is 1.13. The van der Waals surface area contributed by atoms with Gasteiger partial charge in [-0.2, -0.15) is 11.8 Å². The third-order valence-electron chi connectivity index (χ3n) is 3.62. The fourth-order valence-electron chi connectivity index (χ4n) is 2.47. The molecule has 0 aromatic carbocycles. The van der Waals surface area contributed by atoms with Crippen LogP contribution in [-0.4, -0.2) is 29.6 Å². The lowest BCUT2D eigenvalue weighted by Gasteiger charge is -2.31. The fourth-order valence-corrected chi connectivity index (χ4v) is 4.06. The first-order valence-electron chi connectivity index (χ1n) is 7.15. The molecule has 3 nitrogen and oxygen atoms in total. The maximum atomic E-state index is 11.5. The van der Waals surface area contributed by atoms with Crippen molar-refractivity contribution in [1.82, 2.24) is 0 Å². The highest BCUT2D eigenvalue weighted by atomic mass is 32.2. The van der Waals surface area contributed by atoms with Gasteiger partial charge in [0.05, 0.1) is 6.61 Å². The average Bonchev–Trinajstić information content (AvgIpc) is 2.35. The predicted molar refractivity (Wildman–Crippen MR) is 82.2 cm³/mol. The Morgan fingerprint density at radius 3 is 2.79 bits per heavy atom. The molecule has 0 aliphatic heterocycles. The Morgan fingerprint density at radius 2 is 2.21 bits per heavy atom. The van der Waals surface area contributed by atoms with Crippen LogP contribution in [0.15, 0.2) is 11.1 Å². The maximum absolute atomic E-state index is 11.5. The standard InChI is InChI=1S/C15H27NO2S/c1-5-18-15(17)13(16)9-19-14-8-11(4)6-7-12(14)10(2)3/h11,13-14H,5-9,16H2,1-4H3/t11?,13-,14?/m0/s1. The van der Waals surface area contributed by atoms with Crippen molar-refractivity contribution in [2.75, 3.05) is 12.4 Å². The van der Waals surface area contributed by atoms with Crippen molar-refractivity contribution in [3.05, 3.63) is 11.1 Å². The van der Waals surface area contributed by atoms with Gasteiger partial charge in [0.25, 0.3) is 0 Å². The molecule has 2 unspecified atom stereocenters. The highest BCUT2D eigenvalue weighted by Gasteiger charge is 2.26. The lowest BCUT2D eigenvalue weighted by Crippen LogP contribution is -2.35. The summed E-state index contributed by atoms with van der Waals surface area (Å²) in [6, 6.07) is -0.499. The van der Waals surface area contributed by atoms with E-state index < -0.39 is 6.04 Å². The van der Waals surface area contributed by atoms with Gasteiger partial charge in [0.2, 0.25) is 0 Å². The number of carbonyl (C=O) groups is 1. The fraction of sp³-hybridized carbons (Fsp3) is 0.800. The van der Waals surface area contributed by atoms with Crippen molar-refractivity contribution in [3.63, 3.8) is 0 Å². The minimum Gasteiger partial charge on any atom is -0.465 e. The molecule has 1 aliphatic carbocycles. The number of ether oxygens (including phenoxy) is 1. The number of esters is 1. The van der Waals surface area contributed by atoms with E-state index in [0.29, 0.717) is 17.6 Å². The summed E-state index contributed by atoms with van der Waals surface area (Å²) in [7, 11) is 0. The number of hydrogen-bond acceptors (Lipinski definition) is 4. The summed E-state index contributed by atoms with van der Waals surface area (Å²) >= 11 is 1.82. The summed E-state index contributed by atoms with van der Waals surface area (Å²) in [5, 5.41) is 0.522. The Morgan fingerprint density at radius 1 is 1.53 bits per heavy atom. The smallest absolute Gasteiger partial charge is 0.323 e. The van der Waals surface area contributed by atoms with E-state index in [1.807, 2.05) is 18.7 Å². The summed E-state index contributed by atoms with van der Waals surface area (Å²) in [6.07, 6.45) is 3.66. The Hall–Kier alpha value is -0.480. The molecule has 0 spiro atoms. The molecule has 1 rings (SSSR count). The van der Waals surface area contributed by atoms with E-state index in [-0.39, 0.29) is 5.97 Å².